The van der Waals surface area contributed by atoms with Crippen molar-refractivity contribution in [3.8, 4) is 11.4 Å². The number of nitrogens with zero attached hydrogens (tertiary/aromatic N) is 2. The number of hydrogen-bond acceptors (Lipinski definition) is 6. The predicted octanol–water partition coefficient (Wildman–Crippen LogP) is 6.45. The van der Waals surface area contributed by atoms with Gasteiger partial charge in [0.2, 0.25) is 0 Å². The molecule has 2 aromatic carbocycles. The van der Waals surface area contributed by atoms with Crippen molar-refractivity contribution in [3.63, 3.8) is 0 Å². The molecule has 4 atom stereocenters. The largest absolute Gasteiger partial charge is 0.638 e. The first-order valence-electron chi connectivity index (χ1n) is 15.6. The van der Waals surface area contributed by atoms with Crippen LogP contribution in [0.3, 0.4) is 0 Å². The Bertz CT molecular complexity index is 1540. The van der Waals surface area contributed by atoms with Crippen LogP contribution in [0.15, 0.2) is 97.2 Å². The summed E-state index contributed by atoms with van der Waals surface area (Å²) in [6.07, 6.45) is 3.44. The van der Waals surface area contributed by atoms with Crippen molar-refractivity contribution in [2.45, 2.75) is 63.7 Å². The van der Waals surface area contributed by atoms with Crippen LogP contribution in [0.5, 0.6) is 0 Å². The van der Waals surface area contributed by atoms with Gasteiger partial charge in [-0.3, -0.25) is 4.98 Å². The maximum absolute atomic E-state index is 12.0. The summed E-state index contributed by atoms with van der Waals surface area (Å²) in [5, 5.41) is 15.9. The third-order valence-electron chi connectivity index (χ3n) is 10.4. The van der Waals surface area contributed by atoms with Gasteiger partial charge in [0.25, 0.3) is 0 Å². The minimum absolute atomic E-state index is 0.0115. The molecule has 220 valence electrons. The highest BCUT2D eigenvalue weighted by Crippen LogP contribution is 2.69. The van der Waals surface area contributed by atoms with Gasteiger partial charge in [-0.05, 0) is 77.4 Å². The molecule has 2 fully saturated rings. The number of hydrogen-bond donors (Lipinski definition) is 2. The van der Waals surface area contributed by atoms with E-state index in [9.17, 15) is 5.02 Å². The second-order valence-electron chi connectivity index (χ2n) is 13.3. The van der Waals surface area contributed by atoms with Crippen LogP contribution in [0.25, 0.3) is 11.4 Å². The van der Waals surface area contributed by atoms with Crippen LogP contribution in [0, 0.1) is 17.3 Å². The summed E-state index contributed by atoms with van der Waals surface area (Å²) >= 11 is 0. The fourth-order valence-electron chi connectivity index (χ4n) is 8.38. The van der Waals surface area contributed by atoms with Gasteiger partial charge in [-0.2, -0.15) is 0 Å². The molecule has 2 N–H and O–H groups in total. The molecule has 0 unspecified atom stereocenters. The Morgan fingerprint density at radius 3 is 2.14 bits per heavy atom. The number of benzene rings is 2. The van der Waals surface area contributed by atoms with Crippen molar-refractivity contribution in [2.75, 3.05) is 6.54 Å². The standard InChI is InChI=1S/C36H40BN3O3/c1-24(2)32-36(25-13-7-5-8-14-25,26-15-9-6-10-16-26)43-37(41)42-35(20-22-39-32)31-23-28(34(31,3)4)27-18-19-30(40-33(27)35)29-17-11-12-21-38-29/h5-19,21,24,28,31-32,39,41H,20,22-23H2,1-4H3/t28-,31-,32+,35+/m1/s1. The summed E-state index contributed by atoms with van der Waals surface area (Å²) in [5.41, 5.74) is 3.84. The van der Waals surface area contributed by atoms with Gasteiger partial charge in [0.05, 0.1) is 17.1 Å². The van der Waals surface area contributed by atoms with Gasteiger partial charge in [-0.1, -0.05) is 100 Å². The highest BCUT2D eigenvalue weighted by molar-refractivity contribution is 6.35. The molecule has 1 spiro atoms. The van der Waals surface area contributed by atoms with Crippen LogP contribution < -0.4 is 5.32 Å². The summed E-state index contributed by atoms with van der Waals surface area (Å²) in [4.78, 5) is 9.85. The molecule has 0 amide bonds. The van der Waals surface area contributed by atoms with E-state index in [1.54, 1.807) is 6.20 Å². The first kappa shape index (κ1) is 28.4. The molecular weight excluding hydrogens is 533 g/mol. The molecule has 0 radical (unpaired) electrons. The quantitative estimate of drug-likeness (QED) is 0.273. The smallest absolute Gasteiger partial charge is 0.402 e. The summed E-state index contributed by atoms with van der Waals surface area (Å²) in [7, 11) is -1.50. The molecule has 3 aliphatic carbocycles. The number of rotatable bonds is 4. The highest BCUT2D eigenvalue weighted by atomic mass is 16.7. The normalized spacial score (nSPS) is 27.5. The summed E-state index contributed by atoms with van der Waals surface area (Å²) in [6, 6.07) is 30.5. The van der Waals surface area contributed by atoms with Crippen LogP contribution >= 0.6 is 0 Å². The molecule has 1 saturated heterocycles. The minimum Gasteiger partial charge on any atom is -0.402 e. The third kappa shape index (κ3) is 4.40. The van der Waals surface area contributed by atoms with Crippen LogP contribution in [-0.4, -0.2) is 34.9 Å². The van der Waals surface area contributed by atoms with E-state index in [2.05, 4.69) is 74.4 Å². The Morgan fingerprint density at radius 2 is 1.53 bits per heavy atom. The maximum atomic E-state index is 12.0. The first-order valence-corrected chi connectivity index (χ1v) is 15.6. The van der Waals surface area contributed by atoms with Crippen molar-refractivity contribution in [1.29, 1.82) is 0 Å². The molecule has 2 aromatic heterocycles. The summed E-state index contributed by atoms with van der Waals surface area (Å²) < 4.78 is 13.9. The van der Waals surface area contributed by atoms with Crippen molar-refractivity contribution in [3.05, 3.63) is 120 Å². The molecular formula is C36H40BN3O3. The van der Waals surface area contributed by atoms with E-state index in [1.807, 2.05) is 54.6 Å². The zero-order chi connectivity index (χ0) is 29.8. The average molecular weight is 574 g/mol. The van der Waals surface area contributed by atoms with Gasteiger partial charge in [0, 0.05) is 12.2 Å². The molecule has 7 heteroatoms. The lowest BCUT2D eigenvalue weighted by molar-refractivity contribution is -0.167. The Balaban J connectivity index is 1.39. The molecule has 4 aromatic rings. The van der Waals surface area contributed by atoms with E-state index in [0.717, 1.165) is 34.6 Å². The summed E-state index contributed by atoms with van der Waals surface area (Å²) in [5.74, 6) is 0.739. The number of aromatic nitrogens is 2. The maximum Gasteiger partial charge on any atom is 0.638 e. The lowest BCUT2D eigenvalue weighted by Gasteiger charge is -2.64. The zero-order valence-corrected chi connectivity index (χ0v) is 25.4. The SMILES string of the molecule is CC(C)[C@@H]1NCC[C@@]2(OB(O)OC1(c1ccccc1)c1ccccc1)c1nc(-c3ccccn3)ccc1[C@H]1C[C@@H]2C1(C)C. The molecule has 4 aliphatic rings. The summed E-state index contributed by atoms with van der Waals surface area (Å²) in [6.45, 7) is 9.74. The lowest BCUT2D eigenvalue weighted by Crippen LogP contribution is -2.62. The second-order valence-corrected chi connectivity index (χ2v) is 13.3. The molecule has 1 saturated carbocycles. The van der Waals surface area contributed by atoms with Crippen molar-refractivity contribution in [2.24, 2.45) is 17.3 Å². The minimum atomic E-state index is -1.50. The van der Waals surface area contributed by atoms with Crippen molar-refractivity contribution < 1.29 is 14.3 Å². The Kier molecular flexibility index (Phi) is 7.05. The third-order valence-corrected chi connectivity index (χ3v) is 10.4. The zero-order valence-electron chi connectivity index (χ0n) is 25.4. The van der Waals surface area contributed by atoms with Crippen LogP contribution in [0.1, 0.15) is 68.8 Å². The van der Waals surface area contributed by atoms with E-state index >= 15 is 0 Å². The van der Waals surface area contributed by atoms with Crippen molar-refractivity contribution >= 4 is 7.32 Å². The second kappa shape index (κ2) is 10.7. The average Bonchev–Trinajstić information content (AvgIpc) is 3.09. The Hall–Kier alpha value is -3.36. The molecule has 43 heavy (non-hydrogen) atoms. The molecule has 8 rings (SSSR count). The molecule has 2 bridgehead atoms. The van der Waals surface area contributed by atoms with E-state index < -0.39 is 18.5 Å². The van der Waals surface area contributed by atoms with Crippen molar-refractivity contribution in [1.82, 2.24) is 15.3 Å². The lowest BCUT2D eigenvalue weighted by atomic mass is 9.43. The van der Waals surface area contributed by atoms with Crippen LogP contribution in [0.2, 0.25) is 0 Å². The van der Waals surface area contributed by atoms with Crippen LogP contribution in [0.4, 0.5) is 0 Å². The first-order chi connectivity index (χ1) is 20.8. The Morgan fingerprint density at radius 1 is 0.860 bits per heavy atom. The topological polar surface area (TPSA) is 76.5 Å². The van der Waals surface area contributed by atoms with Gasteiger partial charge in [0.15, 0.2) is 0 Å². The van der Waals surface area contributed by atoms with Gasteiger partial charge in [0.1, 0.15) is 11.2 Å². The molecule has 3 heterocycles. The van der Waals surface area contributed by atoms with Crippen LogP contribution in [-0.2, 0) is 20.5 Å². The fraction of sp³-hybridized carbons (Fsp3) is 0.389. The number of pyridine rings is 2. The van der Waals surface area contributed by atoms with Gasteiger partial charge < -0.3 is 19.6 Å². The predicted molar refractivity (Wildman–Crippen MR) is 169 cm³/mol. The van der Waals surface area contributed by atoms with Gasteiger partial charge in [-0.15, -0.1) is 0 Å². The molecule has 1 aliphatic heterocycles. The monoisotopic (exact) mass is 573 g/mol. The molecule has 6 nitrogen and oxygen atoms in total. The number of nitrogens with one attached hydrogen (secondary N) is 1. The van der Waals surface area contributed by atoms with E-state index in [1.165, 1.54) is 5.56 Å². The van der Waals surface area contributed by atoms with Gasteiger partial charge >= 0.3 is 7.32 Å². The van der Waals surface area contributed by atoms with E-state index in [-0.39, 0.29) is 23.3 Å². The van der Waals surface area contributed by atoms with E-state index in [4.69, 9.17) is 14.3 Å². The highest BCUT2D eigenvalue weighted by Gasteiger charge is 2.66. The fourth-order valence-corrected chi connectivity index (χ4v) is 8.38. The van der Waals surface area contributed by atoms with E-state index in [0.29, 0.717) is 18.9 Å². The Labute approximate surface area is 255 Å². The van der Waals surface area contributed by atoms with Gasteiger partial charge in [-0.25, -0.2) is 4.98 Å².